The molecule has 4 aromatic rings. The molecule has 0 saturated carbocycles. The van der Waals surface area contributed by atoms with Crippen LogP contribution < -0.4 is 16.0 Å². The number of hydrogen-bond donors (Lipinski definition) is 3. The van der Waals surface area contributed by atoms with Crippen LogP contribution in [0, 0.1) is 5.82 Å². The van der Waals surface area contributed by atoms with Crippen molar-refractivity contribution in [3.63, 3.8) is 0 Å². The lowest BCUT2D eigenvalue weighted by molar-refractivity contribution is -0.113. The molecule has 0 aliphatic carbocycles. The maximum Gasteiger partial charge on any atom is 0.302 e. The molecule has 5 rings (SSSR count). The molecule has 1 aromatic heterocycles. The monoisotopic (exact) mass is 551 g/mol. The quantitative estimate of drug-likeness (QED) is 0.244. The van der Waals surface area contributed by atoms with Crippen LogP contribution in [0.3, 0.4) is 0 Å². The Labute approximate surface area is 226 Å². The number of nitrogens with zero attached hydrogens (tertiary/aromatic N) is 2. The molecule has 0 bridgehead atoms. The molecular formula is C27H20Cl2FN5O3. The number of carbonyl (C=O) groups is 2. The molecule has 0 saturated heterocycles. The van der Waals surface area contributed by atoms with Crippen LogP contribution in [-0.2, 0) is 4.79 Å². The summed E-state index contributed by atoms with van der Waals surface area (Å²) in [4.78, 5) is 34.4. The fraction of sp³-hybridized carbons (Fsp3) is 0.111. The van der Waals surface area contributed by atoms with Crippen LogP contribution >= 0.6 is 23.2 Å². The van der Waals surface area contributed by atoms with Gasteiger partial charge in [0.25, 0.3) is 5.91 Å². The number of rotatable bonds is 5. The van der Waals surface area contributed by atoms with E-state index in [1.54, 1.807) is 43.3 Å². The van der Waals surface area contributed by atoms with Crippen LogP contribution in [0.2, 0.25) is 10.0 Å². The number of ketones is 1. The van der Waals surface area contributed by atoms with E-state index in [1.165, 1.54) is 31.2 Å². The van der Waals surface area contributed by atoms with E-state index in [2.05, 4.69) is 25.9 Å². The van der Waals surface area contributed by atoms with Gasteiger partial charge in [-0.05, 0) is 50.2 Å². The van der Waals surface area contributed by atoms with E-state index in [9.17, 15) is 14.0 Å². The van der Waals surface area contributed by atoms with Gasteiger partial charge in [0, 0.05) is 27.9 Å². The highest BCUT2D eigenvalue weighted by Crippen LogP contribution is 2.36. The molecule has 1 unspecified atom stereocenters. The van der Waals surface area contributed by atoms with Gasteiger partial charge < -0.3 is 15.1 Å². The van der Waals surface area contributed by atoms with Crippen molar-refractivity contribution in [2.75, 3.05) is 10.6 Å². The number of allylic oxidation sites excluding steroid dienone is 1. The van der Waals surface area contributed by atoms with Gasteiger partial charge in [-0.1, -0.05) is 41.4 Å². The number of carbonyl (C=O) groups excluding carboxylic acids is 2. The molecule has 1 aliphatic rings. The molecule has 1 aliphatic heterocycles. The summed E-state index contributed by atoms with van der Waals surface area (Å²) in [5.74, 6) is -0.853. The van der Waals surface area contributed by atoms with Crippen molar-refractivity contribution in [3.05, 3.63) is 98.9 Å². The largest absolute Gasteiger partial charge is 0.423 e. The first-order chi connectivity index (χ1) is 18.2. The van der Waals surface area contributed by atoms with Crippen molar-refractivity contribution in [1.82, 2.24) is 10.3 Å². The fourth-order valence-electron chi connectivity index (χ4n) is 4.04. The summed E-state index contributed by atoms with van der Waals surface area (Å²) in [6.45, 7) is 3.14. The molecule has 3 aromatic carbocycles. The lowest BCUT2D eigenvalue weighted by atomic mass is 9.95. The van der Waals surface area contributed by atoms with Crippen LogP contribution in [0.1, 0.15) is 35.8 Å². The Morgan fingerprint density at radius 2 is 1.84 bits per heavy atom. The number of hydrogen-bond acceptors (Lipinski definition) is 7. The number of aliphatic imine (C=N–C) groups is 1. The van der Waals surface area contributed by atoms with Crippen LogP contribution in [0.15, 0.2) is 81.3 Å². The number of guanidine groups is 1. The highest BCUT2D eigenvalue weighted by Gasteiger charge is 2.31. The number of Topliss-reactive ketones (excluding diaryl/α,β-unsaturated/α-hetero) is 1. The van der Waals surface area contributed by atoms with Crippen molar-refractivity contribution >= 4 is 63.7 Å². The Morgan fingerprint density at radius 3 is 2.61 bits per heavy atom. The van der Waals surface area contributed by atoms with Crippen molar-refractivity contribution in [1.29, 1.82) is 0 Å². The van der Waals surface area contributed by atoms with Gasteiger partial charge in [0.1, 0.15) is 17.4 Å². The van der Waals surface area contributed by atoms with Gasteiger partial charge in [0.2, 0.25) is 5.96 Å². The zero-order valence-corrected chi connectivity index (χ0v) is 21.6. The van der Waals surface area contributed by atoms with Crippen LogP contribution in [-0.4, -0.2) is 22.6 Å². The molecule has 0 spiro atoms. The van der Waals surface area contributed by atoms with Crippen molar-refractivity contribution < 1.29 is 18.4 Å². The second kappa shape index (κ2) is 10.3. The van der Waals surface area contributed by atoms with Crippen LogP contribution in [0.25, 0.3) is 11.1 Å². The number of amides is 1. The van der Waals surface area contributed by atoms with E-state index in [4.69, 9.17) is 27.6 Å². The smallest absolute Gasteiger partial charge is 0.302 e. The van der Waals surface area contributed by atoms with Crippen molar-refractivity contribution in [2.45, 2.75) is 19.9 Å². The van der Waals surface area contributed by atoms with Gasteiger partial charge >= 0.3 is 6.01 Å². The molecule has 3 N–H and O–H groups in total. The molecule has 38 heavy (non-hydrogen) atoms. The second-order valence-electron chi connectivity index (χ2n) is 8.53. The van der Waals surface area contributed by atoms with Crippen LogP contribution in [0.5, 0.6) is 0 Å². The average Bonchev–Trinajstić information content (AvgIpc) is 3.26. The first kappa shape index (κ1) is 25.4. The summed E-state index contributed by atoms with van der Waals surface area (Å²) in [6.07, 6.45) is 0. The molecule has 0 fully saturated rings. The lowest BCUT2D eigenvalue weighted by Crippen LogP contribution is -2.37. The Kier molecular flexibility index (Phi) is 6.88. The summed E-state index contributed by atoms with van der Waals surface area (Å²) >= 11 is 12.8. The van der Waals surface area contributed by atoms with Gasteiger partial charge in [-0.15, -0.1) is 0 Å². The van der Waals surface area contributed by atoms with E-state index in [0.29, 0.717) is 27.4 Å². The highest BCUT2D eigenvalue weighted by molar-refractivity contribution is 6.34. The predicted octanol–water partition coefficient (Wildman–Crippen LogP) is 6.50. The molecule has 11 heteroatoms. The van der Waals surface area contributed by atoms with Gasteiger partial charge in [-0.3, -0.25) is 14.9 Å². The minimum atomic E-state index is -0.816. The number of fused-ring (bicyclic) bond motifs is 1. The number of anilines is 2. The van der Waals surface area contributed by atoms with Crippen LogP contribution in [0.4, 0.5) is 16.1 Å². The molecule has 0 radical (unpaired) electrons. The molecular weight excluding hydrogens is 532 g/mol. The second-order valence-corrected chi connectivity index (χ2v) is 9.34. The first-order valence-corrected chi connectivity index (χ1v) is 12.2. The number of nitrogens with one attached hydrogen (secondary N) is 3. The molecule has 192 valence electrons. The van der Waals surface area contributed by atoms with E-state index in [1.807, 2.05) is 0 Å². The number of benzene rings is 3. The SMILES string of the molecule is CC(=O)c1ccc(Cl)c(NC(=O)C2=C(C)NC(Nc3nc4ccc(F)cc4o3)=NC2c2ccccc2Cl)c1. The third kappa shape index (κ3) is 5.11. The van der Waals surface area contributed by atoms with E-state index in [0.717, 1.165) is 0 Å². The summed E-state index contributed by atoms with van der Waals surface area (Å²) in [5.41, 5.74) is 2.77. The van der Waals surface area contributed by atoms with Gasteiger partial charge in [-0.25, -0.2) is 9.38 Å². The minimum absolute atomic E-state index is 0.0864. The molecule has 2 heterocycles. The van der Waals surface area contributed by atoms with E-state index < -0.39 is 17.8 Å². The van der Waals surface area contributed by atoms with Gasteiger partial charge in [-0.2, -0.15) is 4.98 Å². The first-order valence-electron chi connectivity index (χ1n) is 11.4. The molecule has 1 amide bonds. The topological polar surface area (TPSA) is 109 Å². The Balaban J connectivity index is 1.50. The Bertz CT molecular complexity index is 1660. The lowest BCUT2D eigenvalue weighted by Gasteiger charge is -2.27. The number of oxazole rings is 1. The average molecular weight is 552 g/mol. The third-order valence-electron chi connectivity index (χ3n) is 5.88. The van der Waals surface area contributed by atoms with Crippen molar-refractivity contribution in [2.24, 2.45) is 4.99 Å². The maximum atomic E-state index is 13.6. The molecule has 1 atom stereocenters. The normalized spacial score (nSPS) is 15.2. The summed E-state index contributed by atoms with van der Waals surface area (Å²) in [5, 5.41) is 9.48. The molecule has 8 nitrogen and oxygen atoms in total. The van der Waals surface area contributed by atoms with E-state index >= 15 is 0 Å². The predicted molar refractivity (Wildman–Crippen MR) is 145 cm³/mol. The summed E-state index contributed by atoms with van der Waals surface area (Å²) < 4.78 is 19.2. The standard InChI is InChI=1S/C27H20Cl2FN5O3/c1-13-23(25(37)32-21-11-15(14(2)36)7-9-19(21)29)24(17-5-3-4-6-18(17)28)34-26(31-13)35-27-33-20-10-8-16(30)12-22(20)38-27/h3-12,24H,1-2H3,(H,32,37)(H2,31,33,34,35). The minimum Gasteiger partial charge on any atom is -0.423 e. The highest BCUT2D eigenvalue weighted by atomic mass is 35.5. The summed E-state index contributed by atoms with van der Waals surface area (Å²) in [7, 11) is 0. The fourth-order valence-corrected chi connectivity index (χ4v) is 4.44. The van der Waals surface area contributed by atoms with E-state index in [-0.39, 0.29) is 39.6 Å². The Hall–Kier alpha value is -4.21. The number of aromatic nitrogens is 1. The third-order valence-corrected chi connectivity index (χ3v) is 6.56. The Morgan fingerprint density at radius 1 is 1.05 bits per heavy atom. The zero-order chi connectivity index (χ0) is 27.0. The van der Waals surface area contributed by atoms with Crippen molar-refractivity contribution in [3.8, 4) is 0 Å². The zero-order valence-electron chi connectivity index (χ0n) is 20.1. The maximum absolute atomic E-state index is 13.6. The number of halogens is 3. The summed E-state index contributed by atoms with van der Waals surface area (Å²) in [6, 6.07) is 15.0. The van der Waals surface area contributed by atoms with Gasteiger partial charge in [0.15, 0.2) is 11.4 Å². The van der Waals surface area contributed by atoms with Gasteiger partial charge in [0.05, 0.1) is 16.3 Å².